The van der Waals surface area contributed by atoms with Crippen molar-refractivity contribution in [3.8, 4) is 10.8 Å². The molecular weight excluding hydrogens is 585 g/mol. The number of nitrogens with two attached hydrogens (primary N) is 1. The third-order valence-corrected chi connectivity index (χ3v) is 8.65. The van der Waals surface area contributed by atoms with Gasteiger partial charge in [0, 0.05) is 43.2 Å². The van der Waals surface area contributed by atoms with E-state index in [1.165, 1.54) is 22.5 Å². The molecule has 5 rings (SSSR count). The minimum Gasteiger partial charge on any atom is -0.484 e. The summed E-state index contributed by atoms with van der Waals surface area (Å²) in [5.74, 6) is 0.0181. The molecule has 7 nitrogen and oxygen atoms in total. The largest absolute Gasteiger partial charge is 0.484 e. The Morgan fingerprint density at radius 1 is 1.17 bits per heavy atom. The number of primary amides is 1. The van der Waals surface area contributed by atoms with Crippen LogP contribution in [-0.2, 0) is 11.0 Å². The number of piperazine rings is 1. The number of likely N-dealkylation sites (N-methyl/N-ethyl adjacent to an activating group) is 1. The van der Waals surface area contributed by atoms with Gasteiger partial charge < -0.3 is 15.4 Å². The number of nitrogens with zero attached hydrogens (tertiary/aromatic N) is 4. The van der Waals surface area contributed by atoms with Gasteiger partial charge in [-0.05, 0) is 42.8 Å². The molecule has 3 heterocycles. The highest BCUT2D eigenvalue weighted by atomic mass is 127. The molecule has 0 saturated carbocycles. The second-order valence-electron chi connectivity index (χ2n) is 9.25. The summed E-state index contributed by atoms with van der Waals surface area (Å²) in [5.41, 5.74) is 11.3. The van der Waals surface area contributed by atoms with Crippen molar-refractivity contribution in [2.24, 2.45) is 5.73 Å². The smallest absolute Gasteiger partial charge is 0.262 e. The third-order valence-electron chi connectivity index (χ3n) is 6.70. The molecule has 0 aliphatic carbocycles. The number of aromatic nitrogens is 2. The summed E-state index contributed by atoms with van der Waals surface area (Å²) in [6.07, 6.45) is 1.59. The number of thiophene rings is 1. The average molecular weight is 616 g/mol. The maximum atomic E-state index is 12.3. The van der Waals surface area contributed by atoms with E-state index < -0.39 is 5.91 Å². The molecule has 2 aromatic heterocycles. The first-order chi connectivity index (χ1) is 17.4. The van der Waals surface area contributed by atoms with Crippen LogP contribution < -0.4 is 10.5 Å². The van der Waals surface area contributed by atoms with Gasteiger partial charge in [-0.1, -0.05) is 52.9 Å². The molecule has 0 spiro atoms. The van der Waals surface area contributed by atoms with Crippen LogP contribution in [0.5, 0.6) is 5.75 Å². The Bertz CT molecular complexity index is 1380. The first-order valence-corrected chi connectivity index (χ1v) is 14.4. The molecule has 0 bridgehead atoms. The summed E-state index contributed by atoms with van der Waals surface area (Å²) in [6, 6.07) is 16.5. The predicted octanol–water partition coefficient (Wildman–Crippen LogP) is 5.01. The number of carbonyl (C=O) groups is 1. The van der Waals surface area contributed by atoms with Crippen molar-refractivity contribution in [2.45, 2.75) is 24.0 Å². The van der Waals surface area contributed by atoms with Gasteiger partial charge in [-0.2, -0.15) is 0 Å². The van der Waals surface area contributed by atoms with Gasteiger partial charge in [0.1, 0.15) is 28.1 Å². The topological polar surface area (TPSA) is 76.6 Å². The van der Waals surface area contributed by atoms with Gasteiger partial charge in [0.2, 0.25) is 0 Å². The van der Waals surface area contributed by atoms with E-state index in [4.69, 9.17) is 10.5 Å². The Hall–Kier alpha value is -2.47. The number of fused-ring (bicyclic) bond motifs is 1. The minimum atomic E-state index is -0.490. The molecule has 4 aromatic rings. The molecule has 1 saturated heterocycles. The quantitative estimate of drug-likeness (QED) is 0.223. The molecule has 1 aliphatic heterocycles. The lowest BCUT2D eigenvalue weighted by atomic mass is 10.0. The van der Waals surface area contributed by atoms with Crippen LogP contribution in [0.3, 0.4) is 0 Å². The summed E-state index contributed by atoms with van der Waals surface area (Å²) >= 11 is 3.69. The van der Waals surface area contributed by atoms with Crippen LogP contribution in [0.1, 0.15) is 39.4 Å². The average Bonchev–Trinajstić information content (AvgIpc) is 3.49. The zero-order chi connectivity index (χ0) is 25.2. The lowest BCUT2D eigenvalue weighted by Gasteiger charge is -2.32. The van der Waals surface area contributed by atoms with Gasteiger partial charge in [0.25, 0.3) is 5.91 Å². The fourth-order valence-corrected chi connectivity index (χ4v) is 6.26. The van der Waals surface area contributed by atoms with E-state index in [2.05, 4.69) is 74.8 Å². The second kappa shape index (κ2) is 10.9. The van der Waals surface area contributed by atoms with E-state index in [1.54, 1.807) is 6.33 Å². The van der Waals surface area contributed by atoms with E-state index in [9.17, 15) is 4.79 Å². The SMILES string of the molecule is C[C@@H](Oc1cc(-n2cnc3ccc(CN4CCN(C)CC4)cc32)sc1C(N)=O)c1ccccc1CI. The monoisotopic (exact) mass is 615 g/mol. The number of benzene rings is 2. The number of hydrogen-bond acceptors (Lipinski definition) is 6. The molecule has 188 valence electrons. The number of rotatable bonds is 8. The summed E-state index contributed by atoms with van der Waals surface area (Å²) in [4.78, 5) is 22.2. The molecule has 9 heteroatoms. The van der Waals surface area contributed by atoms with E-state index in [-0.39, 0.29) is 6.10 Å². The summed E-state index contributed by atoms with van der Waals surface area (Å²) in [6.45, 7) is 7.24. The summed E-state index contributed by atoms with van der Waals surface area (Å²) < 4.78 is 9.23. The summed E-state index contributed by atoms with van der Waals surface area (Å²) in [7, 11) is 2.17. The molecule has 0 radical (unpaired) electrons. The van der Waals surface area contributed by atoms with E-state index >= 15 is 0 Å². The van der Waals surface area contributed by atoms with Crippen molar-refractivity contribution >= 4 is 50.9 Å². The van der Waals surface area contributed by atoms with Crippen LogP contribution in [0.4, 0.5) is 0 Å². The lowest BCUT2D eigenvalue weighted by Crippen LogP contribution is -2.43. The standard InChI is InChI=1S/C27H30IN5O2S/c1-18(21-6-4-3-5-20(21)15-28)35-24-14-25(36-26(24)27(29)34)33-17-30-22-8-7-19(13-23(22)33)16-32-11-9-31(2)10-12-32/h3-8,13-14,17-18H,9-12,15-16H2,1-2H3,(H2,29,34)/t18-/m1/s1. The van der Waals surface area contributed by atoms with Crippen LogP contribution >= 0.6 is 33.9 Å². The predicted molar refractivity (Wildman–Crippen MR) is 153 cm³/mol. The van der Waals surface area contributed by atoms with Gasteiger partial charge in [0.05, 0.1) is 11.0 Å². The number of carbonyl (C=O) groups excluding carboxylic acids is 1. The zero-order valence-electron chi connectivity index (χ0n) is 20.5. The molecule has 0 unspecified atom stereocenters. The molecule has 1 fully saturated rings. The fourth-order valence-electron chi connectivity index (χ4n) is 4.64. The van der Waals surface area contributed by atoms with Gasteiger partial charge >= 0.3 is 0 Å². The maximum absolute atomic E-state index is 12.3. The van der Waals surface area contributed by atoms with Crippen LogP contribution in [0.2, 0.25) is 0 Å². The van der Waals surface area contributed by atoms with Crippen LogP contribution in [0, 0.1) is 0 Å². The molecule has 2 N–H and O–H groups in total. The number of imidazole rings is 1. The number of hydrogen-bond donors (Lipinski definition) is 1. The third kappa shape index (κ3) is 5.29. The number of alkyl halides is 1. The Labute approximate surface area is 229 Å². The minimum absolute atomic E-state index is 0.216. The van der Waals surface area contributed by atoms with Crippen molar-refractivity contribution in [3.05, 3.63) is 76.4 Å². The van der Waals surface area contributed by atoms with Crippen molar-refractivity contribution in [1.82, 2.24) is 19.4 Å². The Kier molecular flexibility index (Phi) is 7.61. The lowest BCUT2D eigenvalue weighted by molar-refractivity contribution is 0.0998. The van der Waals surface area contributed by atoms with Gasteiger partial charge in [-0.3, -0.25) is 14.3 Å². The highest BCUT2D eigenvalue weighted by Gasteiger charge is 2.21. The van der Waals surface area contributed by atoms with E-state index in [0.29, 0.717) is 10.6 Å². The fraction of sp³-hybridized carbons (Fsp3) is 0.333. The van der Waals surface area contributed by atoms with E-state index in [1.807, 2.05) is 29.7 Å². The van der Waals surface area contributed by atoms with Crippen molar-refractivity contribution in [3.63, 3.8) is 0 Å². The molecular formula is C27H30IN5O2S. The first kappa shape index (κ1) is 25.2. The van der Waals surface area contributed by atoms with Crippen molar-refractivity contribution in [2.75, 3.05) is 33.2 Å². The van der Waals surface area contributed by atoms with Crippen molar-refractivity contribution < 1.29 is 9.53 Å². The first-order valence-electron chi connectivity index (χ1n) is 12.0. The Balaban J connectivity index is 1.44. The summed E-state index contributed by atoms with van der Waals surface area (Å²) in [5, 5.41) is 0.854. The highest BCUT2D eigenvalue weighted by Crippen LogP contribution is 2.36. The number of ether oxygens (including phenoxy) is 1. The molecule has 1 aliphatic rings. The van der Waals surface area contributed by atoms with Crippen LogP contribution in [-0.4, -0.2) is 58.5 Å². The normalized spacial score (nSPS) is 15.9. The van der Waals surface area contributed by atoms with Crippen LogP contribution in [0.25, 0.3) is 16.0 Å². The Morgan fingerprint density at radius 3 is 2.69 bits per heavy atom. The van der Waals surface area contributed by atoms with Crippen LogP contribution in [0.15, 0.2) is 54.9 Å². The molecule has 36 heavy (non-hydrogen) atoms. The second-order valence-corrected chi connectivity index (χ2v) is 11.0. The maximum Gasteiger partial charge on any atom is 0.262 e. The zero-order valence-corrected chi connectivity index (χ0v) is 23.5. The van der Waals surface area contributed by atoms with E-state index in [0.717, 1.165) is 58.7 Å². The van der Waals surface area contributed by atoms with Gasteiger partial charge in [-0.25, -0.2) is 4.98 Å². The van der Waals surface area contributed by atoms with Gasteiger partial charge in [0.15, 0.2) is 0 Å². The Morgan fingerprint density at radius 2 is 1.94 bits per heavy atom. The molecule has 1 atom stereocenters. The number of amides is 1. The number of halogens is 1. The highest BCUT2D eigenvalue weighted by molar-refractivity contribution is 14.1. The van der Waals surface area contributed by atoms with Crippen molar-refractivity contribution in [1.29, 1.82) is 0 Å². The van der Waals surface area contributed by atoms with Gasteiger partial charge in [-0.15, -0.1) is 11.3 Å². The molecule has 2 aromatic carbocycles. The molecule has 1 amide bonds.